The van der Waals surface area contributed by atoms with E-state index in [1.54, 1.807) is 0 Å². The number of nitrogens with zero attached hydrogens (tertiary/aromatic N) is 2. The number of nitrogens with two attached hydrogens (primary N) is 2. The van der Waals surface area contributed by atoms with Gasteiger partial charge in [0, 0.05) is 0 Å². The van der Waals surface area contributed by atoms with Crippen molar-refractivity contribution in [2.75, 3.05) is 5.73 Å². The molecule has 0 aromatic carbocycles. The van der Waals surface area contributed by atoms with Gasteiger partial charge in [0.2, 0.25) is 0 Å². The van der Waals surface area contributed by atoms with Crippen LogP contribution in [0.3, 0.4) is 0 Å². The molecule has 0 aliphatic heterocycles. The van der Waals surface area contributed by atoms with Crippen molar-refractivity contribution in [1.82, 2.24) is 10.2 Å². The highest BCUT2D eigenvalue weighted by Gasteiger charge is 2.04. The molecule has 1 aromatic rings. The quantitative estimate of drug-likeness (QED) is 0.175. The van der Waals surface area contributed by atoms with Crippen molar-refractivity contribution >= 4 is 11.7 Å². The number of H-pyrrole nitrogens is 1. The number of rotatable bonds is 1. The Balaban J connectivity index is 3.05. The van der Waals surface area contributed by atoms with E-state index in [1.807, 2.05) is 0 Å². The SMILES string of the molecule is NC(=NO)c1cn[nH]c1N. The molecule has 6 N–H and O–H groups in total. The first-order chi connectivity index (χ1) is 4.75. The first-order valence-corrected chi connectivity index (χ1v) is 2.52. The highest BCUT2D eigenvalue weighted by molar-refractivity contribution is 6.00. The Bertz CT molecular complexity index is 252. The van der Waals surface area contributed by atoms with E-state index < -0.39 is 0 Å². The molecule has 10 heavy (non-hydrogen) atoms. The molecule has 54 valence electrons. The predicted octanol–water partition coefficient (Wildman–Crippen LogP) is -0.914. The summed E-state index contributed by atoms with van der Waals surface area (Å²) in [5, 5.41) is 17.0. The first-order valence-electron chi connectivity index (χ1n) is 2.52. The largest absolute Gasteiger partial charge is 0.409 e. The Morgan fingerprint density at radius 3 is 2.90 bits per heavy atom. The van der Waals surface area contributed by atoms with Crippen LogP contribution >= 0.6 is 0 Å². The fourth-order valence-corrected chi connectivity index (χ4v) is 0.554. The van der Waals surface area contributed by atoms with E-state index in [0.29, 0.717) is 5.56 Å². The Kier molecular flexibility index (Phi) is 1.44. The van der Waals surface area contributed by atoms with Crippen LogP contribution in [0.5, 0.6) is 0 Å². The van der Waals surface area contributed by atoms with E-state index in [2.05, 4.69) is 15.4 Å². The maximum Gasteiger partial charge on any atom is 0.175 e. The van der Waals surface area contributed by atoms with Gasteiger partial charge in [-0.1, -0.05) is 5.16 Å². The molecule has 0 amide bonds. The van der Waals surface area contributed by atoms with Crippen LogP contribution in [0.1, 0.15) is 5.56 Å². The minimum absolute atomic E-state index is 0.0498. The number of hydrogen-bond acceptors (Lipinski definition) is 4. The average Bonchev–Trinajstić information content (AvgIpc) is 2.34. The summed E-state index contributed by atoms with van der Waals surface area (Å²) in [6.07, 6.45) is 1.38. The first kappa shape index (κ1) is 6.40. The minimum Gasteiger partial charge on any atom is -0.409 e. The van der Waals surface area contributed by atoms with Gasteiger partial charge in [-0.15, -0.1) is 0 Å². The summed E-state index contributed by atoms with van der Waals surface area (Å²) in [6, 6.07) is 0. The maximum atomic E-state index is 8.20. The molecule has 0 atom stereocenters. The molecule has 1 aromatic heterocycles. The molecule has 0 unspecified atom stereocenters. The lowest BCUT2D eigenvalue weighted by atomic mass is 10.3. The van der Waals surface area contributed by atoms with Crippen molar-refractivity contribution in [3.8, 4) is 0 Å². The van der Waals surface area contributed by atoms with Crippen LogP contribution in [-0.4, -0.2) is 21.2 Å². The van der Waals surface area contributed by atoms with Gasteiger partial charge in [0.05, 0.1) is 11.8 Å². The van der Waals surface area contributed by atoms with Gasteiger partial charge in [-0.05, 0) is 0 Å². The van der Waals surface area contributed by atoms with Crippen molar-refractivity contribution in [3.05, 3.63) is 11.8 Å². The average molecular weight is 141 g/mol. The van der Waals surface area contributed by atoms with Gasteiger partial charge in [-0.2, -0.15) is 5.10 Å². The van der Waals surface area contributed by atoms with Gasteiger partial charge in [0.1, 0.15) is 5.82 Å². The van der Waals surface area contributed by atoms with Crippen LogP contribution < -0.4 is 11.5 Å². The van der Waals surface area contributed by atoms with E-state index >= 15 is 0 Å². The van der Waals surface area contributed by atoms with Crippen LogP contribution in [0, 0.1) is 0 Å². The highest BCUT2D eigenvalue weighted by Crippen LogP contribution is 2.03. The van der Waals surface area contributed by atoms with Crippen molar-refractivity contribution < 1.29 is 5.21 Å². The number of amidine groups is 1. The fourth-order valence-electron chi connectivity index (χ4n) is 0.554. The maximum absolute atomic E-state index is 8.20. The van der Waals surface area contributed by atoms with Gasteiger partial charge in [0.25, 0.3) is 0 Å². The van der Waals surface area contributed by atoms with E-state index in [-0.39, 0.29) is 11.7 Å². The third kappa shape index (κ3) is 0.859. The summed E-state index contributed by atoms with van der Waals surface area (Å²) in [5.41, 5.74) is 10.9. The molecule has 0 aliphatic rings. The van der Waals surface area contributed by atoms with Crippen molar-refractivity contribution in [2.24, 2.45) is 10.9 Å². The van der Waals surface area contributed by atoms with Crippen LogP contribution in [-0.2, 0) is 0 Å². The normalized spacial score (nSPS) is 11.8. The monoisotopic (exact) mass is 141 g/mol. The fraction of sp³-hybridized carbons (Fsp3) is 0. The van der Waals surface area contributed by atoms with Crippen LogP contribution in [0.2, 0.25) is 0 Å². The molecular formula is C4H7N5O. The number of oxime groups is 1. The molecule has 1 rings (SSSR count). The molecule has 1 heterocycles. The number of aromatic nitrogens is 2. The molecule has 0 radical (unpaired) electrons. The molecule has 0 saturated carbocycles. The lowest BCUT2D eigenvalue weighted by molar-refractivity contribution is 0.318. The smallest absolute Gasteiger partial charge is 0.175 e. The topological polar surface area (TPSA) is 113 Å². The van der Waals surface area contributed by atoms with Gasteiger partial charge in [-0.3, -0.25) is 5.10 Å². The zero-order valence-electron chi connectivity index (χ0n) is 5.07. The lowest BCUT2D eigenvalue weighted by Gasteiger charge is -1.91. The lowest BCUT2D eigenvalue weighted by Crippen LogP contribution is -2.13. The molecule has 0 fully saturated rings. The summed E-state index contributed by atoms with van der Waals surface area (Å²) < 4.78 is 0. The van der Waals surface area contributed by atoms with Gasteiger partial charge in [-0.25, -0.2) is 0 Å². The second kappa shape index (κ2) is 2.26. The van der Waals surface area contributed by atoms with Gasteiger partial charge < -0.3 is 16.7 Å². The number of nitrogen functional groups attached to an aromatic ring is 1. The number of anilines is 1. The standard InChI is InChI=1S/C4H7N5O/c5-3-2(1-7-8-3)4(6)9-10/h1,10H,(H2,6,9)(H3,5,7,8). The summed E-state index contributed by atoms with van der Waals surface area (Å²) in [6.45, 7) is 0. The summed E-state index contributed by atoms with van der Waals surface area (Å²) >= 11 is 0. The predicted molar refractivity (Wildman–Crippen MR) is 35.5 cm³/mol. The summed E-state index contributed by atoms with van der Waals surface area (Å²) in [4.78, 5) is 0. The Morgan fingerprint density at radius 1 is 1.80 bits per heavy atom. The third-order valence-electron chi connectivity index (χ3n) is 1.05. The minimum atomic E-state index is -0.0498. The molecule has 0 aliphatic carbocycles. The van der Waals surface area contributed by atoms with Crippen LogP contribution in [0.4, 0.5) is 5.82 Å². The zero-order valence-corrected chi connectivity index (χ0v) is 5.07. The molecule has 0 saturated heterocycles. The second-order valence-electron chi connectivity index (χ2n) is 1.68. The Morgan fingerprint density at radius 2 is 2.50 bits per heavy atom. The number of hydrogen-bond donors (Lipinski definition) is 4. The van der Waals surface area contributed by atoms with Crippen LogP contribution in [0.25, 0.3) is 0 Å². The van der Waals surface area contributed by atoms with Crippen molar-refractivity contribution in [2.45, 2.75) is 0 Å². The molecular weight excluding hydrogens is 134 g/mol. The van der Waals surface area contributed by atoms with Gasteiger partial charge >= 0.3 is 0 Å². The summed E-state index contributed by atoms with van der Waals surface area (Å²) in [5.74, 6) is 0.238. The van der Waals surface area contributed by atoms with Gasteiger partial charge in [0.15, 0.2) is 5.84 Å². The highest BCUT2D eigenvalue weighted by atomic mass is 16.4. The molecule has 0 spiro atoms. The molecule has 0 bridgehead atoms. The Labute approximate surface area is 56.5 Å². The molecule has 6 nitrogen and oxygen atoms in total. The van der Waals surface area contributed by atoms with E-state index in [4.69, 9.17) is 16.7 Å². The van der Waals surface area contributed by atoms with E-state index in [1.165, 1.54) is 6.20 Å². The number of aromatic amines is 1. The van der Waals surface area contributed by atoms with E-state index in [9.17, 15) is 0 Å². The summed E-state index contributed by atoms with van der Waals surface area (Å²) in [7, 11) is 0. The third-order valence-corrected chi connectivity index (χ3v) is 1.05. The number of nitrogens with one attached hydrogen (secondary N) is 1. The Hall–Kier alpha value is -1.72. The molecule has 6 heteroatoms. The zero-order chi connectivity index (χ0) is 7.56. The van der Waals surface area contributed by atoms with Crippen molar-refractivity contribution in [3.63, 3.8) is 0 Å². The second-order valence-corrected chi connectivity index (χ2v) is 1.68. The van der Waals surface area contributed by atoms with Crippen molar-refractivity contribution in [1.29, 1.82) is 0 Å². The van der Waals surface area contributed by atoms with E-state index in [0.717, 1.165) is 0 Å². The van der Waals surface area contributed by atoms with Crippen LogP contribution in [0.15, 0.2) is 11.4 Å².